The van der Waals surface area contributed by atoms with Gasteiger partial charge >= 0.3 is 0 Å². The summed E-state index contributed by atoms with van der Waals surface area (Å²) in [6.07, 6.45) is 4.12. The highest BCUT2D eigenvalue weighted by Gasteiger charge is 2.25. The van der Waals surface area contributed by atoms with Gasteiger partial charge < -0.3 is 10.2 Å². The molecule has 1 N–H and O–H groups in total. The standard InChI is InChI=1S/C20H22N4O/c21-14-17-6-7-19(23-15-17)24-12-9-18(10-13-24)20(25)22-11-8-16-4-2-1-3-5-16/h1-7,15,18H,8-13H2,(H,22,25). The van der Waals surface area contributed by atoms with Gasteiger partial charge in [0.25, 0.3) is 0 Å². The van der Waals surface area contributed by atoms with E-state index in [1.807, 2.05) is 24.3 Å². The number of amides is 1. The Morgan fingerprint density at radius 1 is 1.20 bits per heavy atom. The van der Waals surface area contributed by atoms with Crippen LogP contribution in [0.15, 0.2) is 48.7 Å². The van der Waals surface area contributed by atoms with Gasteiger partial charge in [-0.05, 0) is 37.0 Å². The van der Waals surface area contributed by atoms with Crippen molar-refractivity contribution in [3.8, 4) is 6.07 Å². The second-order valence-electron chi connectivity index (χ2n) is 6.30. The molecule has 1 aliphatic heterocycles. The Bertz CT molecular complexity index is 729. The Kier molecular flexibility index (Phi) is 5.63. The molecule has 3 rings (SSSR count). The molecule has 5 nitrogen and oxygen atoms in total. The number of hydrogen-bond donors (Lipinski definition) is 1. The zero-order chi connectivity index (χ0) is 17.5. The Labute approximate surface area is 148 Å². The van der Waals surface area contributed by atoms with Crippen molar-refractivity contribution in [2.45, 2.75) is 19.3 Å². The Morgan fingerprint density at radius 3 is 2.60 bits per heavy atom. The third-order valence-corrected chi connectivity index (χ3v) is 4.62. The molecule has 0 bridgehead atoms. The van der Waals surface area contributed by atoms with Crippen molar-refractivity contribution in [1.29, 1.82) is 5.26 Å². The van der Waals surface area contributed by atoms with Crippen molar-refractivity contribution in [3.63, 3.8) is 0 Å². The van der Waals surface area contributed by atoms with Gasteiger partial charge in [-0.3, -0.25) is 4.79 Å². The number of carbonyl (C=O) groups is 1. The van der Waals surface area contributed by atoms with E-state index in [1.165, 1.54) is 5.56 Å². The molecule has 128 valence electrons. The van der Waals surface area contributed by atoms with Gasteiger partial charge in [0, 0.05) is 31.7 Å². The van der Waals surface area contributed by atoms with E-state index in [1.54, 1.807) is 12.3 Å². The molecule has 1 amide bonds. The van der Waals surface area contributed by atoms with E-state index < -0.39 is 0 Å². The minimum absolute atomic E-state index is 0.0744. The van der Waals surface area contributed by atoms with Crippen molar-refractivity contribution in [2.75, 3.05) is 24.5 Å². The molecule has 0 radical (unpaired) electrons. The van der Waals surface area contributed by atoms with Gasteiger partial charge in [-0.15, -0.1) is 0 Å². The van der Waals surface area contributed by atoms with Crippen molar-refractivity contribution >= 4 is 11.7 Å². The predicted octanol–water partition coefficient (Wildman–Crippen LogP) is 2.53. The lowest BCUT2D eigenvalue weighted by Crippen LogP contribution is -2.41. The van der Waals surface area contributed by atoms with Crippen LogP contribution in [0.1, 0.15) is 24.0 Å². The first kappa shape index (κ1) is 17.0. The maximum atomic E-state index is 12.3. The lowest BCUT2D eigenvalue weighted by Gasteiger charge is -2.32. The molecule has 25 heavy (non-hydrogen) atoms. The first-order valence-corrected chi connectivity index (χ1v) is 8.69. The molecule has 0 unspecified atom stereocenters. The van der Waals surface area contributed by atoms with E-state index in [9.17, 15) is 4.79 Å². The molecule has 1 fully saturated rings. The summed E-state index contributed by atoms with van der Waals surface area (Å²) in [5.41, 5.74) is 1.81. The monoisotopic (exact) mass is 334 g/mol. The average Bonchev–Trinajstić information content (AvgIpc) is 2.69. The van der Waals surface area contributed by atoms with Crippen molar-refractivity contribution < 1.29 is 4.79 Å². The molecule has 0 spiro atoms. The second kappa shape index (κ2) is 8.29. The van der Waals surface area contributed by atoms with E-state index >= 15 is 0 Å². The van der Waals surface area contributed by atoms with Crippen LogP contribution in [0, 0.1) is 17.2 Å². The number of piperidine rings is 1. The molecule has 1 aromatic heterocycles. The van der Waals surface area contributed by atoms with Gasteiger partial charge in [0.15, 0.2) is 0 Å². The Balaban J connectivity index is 1.43. The first-order valence-electron chi connectivity index (χ1n) is 8.69. The van der Waals surface area contributed by atoms with Crippen molar-refractivity contribution in [2.24, 2.45) is 5.92 Å². The second-order valence-corrected chi connectivity index (χ2v) is 6.30. The first-order chi connectivity index (χ1) is 12.3. The van der Waals surface area contributed by atoms with Crippen LogP contribution in [-0.4, -0.2) is 30.5 Å². The Morgan fingerprint density at radius 2 is 1.96 bits per heavy atom. The number of hydrogen-bond acceptors (Lipinski definition) is 4. The molecule has 0 aliphatic carbocycles. The topological polar surface area (TPSA) is 69.0 Å². The molecule has 0 atom stereocenters. The molecule has 0 saturated carbocycles. The van der Waals surface area contributed by atoms with Crippen LogP contribution in [0.2, 0.25) is 0 Å². The van der Waals surface area contributed by atoms with Gasteiger partial charge in [0.1, 0.15) is 11.9 Å². The fraction of sp³-hybridized carbons (Fsp3) is 0.350. The van der Waals surface area contributed by atoms with E-state index in [-0.39, 0.29) is 11.8 Å². The van der Waals surface area contributed by atoms with E-state index in [0.717, 1.165) is 38.2 Å². The summed E-state index contributed by atoms with van der Waals surface area (Å²) in [5, 5.41) is 11.9. The molecule has 2 heterocycles. The molecule has 1 aromatic carbocycles. The van der Waals surface area contributed by atoms with E-state index in [2.05, 4.69) is 33.4 Å². The number of pyridine rings is 1. The average molecular weight is 334 g/mol. The van der Waals surface area contributed by atoms with Crippen molar-refractivity contribution in [3.05, 3.63) is 59.8 Å². The van der Waals surface area contributed by atoms with Gasteiger partial charge in [-0.25, -0.2) is 4.98 Å². The number of aromatic nitrogens is 1. The molecular weight excluding hydrogens is 312 g/mol. The van der Waals surface area contributed by atoms with Crippen LogP contribution in [-0.2, 0) is 11.2 Å². The molecule has 1 saturated heterocycles. The highest BCUT2D eigenvalue weighted by Crippen LogP contribution is 2.22. The van der Waals surface area contributed by atoms with Crippen molar-refractivity contribution in [1.82, 2.24) is 10.3 Å². The number of nitrogens with zero attached hydrogens (tertiary/aromatic N) is 3. The zero-order valence-corrected chi connectivity index (χ0v) is 14.2. The quantitative estimate of drug-likeness (QED) is 0.912. The number of nitrogens with one attached hydrogen (secondary N) is 1. The summed E-state index contributed by atoms with van der Waals surface area (Å²) >= 11 is 0. The van der Waals surface area contributed by atoms with Gasteiger partial charge in [0.2, 0.25) is 5.91 Å². The maximum Gasteiger partial charge on any atom is 0.223 e. The normalized spacial score (nSPS) is 14.8. The van der Waals surface area contributed by atoms with Crippen LogP contribution in [0.4, 0.5) is 5.82 Å². The van der Waals surface area contributed by atoms with Crippen LogP contribution in [0.3, 0.4) is 0 Å². The number of rotatable bonds is 5. The lowest BCUT2D eigenvalue weighted by atomic mass is 9.96. The van der Waals surface area contributed by atoms with Gasteiger partial charge in [-0.1, -0.05) is 30.3 Å². The largest absolute Gasteiger partial charge is 0.357 e. The predicted molar refractivity (Wildman–Crippen MR) is 97.0 cm³/mol. The number of benzene rings is 1. The van der Waals surface area contributed by atoms with Crippen LogP contribution >= 0.6 is 0 Å². The van der Waals surface area contributed by atoms with Crippen LogP contribution < -0.4 is 10.2 Å². The minimum atomic E-state index is 0.0744. The SMILES string of the molecule is N#Cc1ccc(N2CCC(C(=O)NCCc3ccccc3)CC2)nc1. The molecule has 2 aromatic rings. The third-order valence-electron chi connectivity index (χ3n) is 4.62. The molecule has 1 aliphatic rings. The van der Waals surface area contributed by atoms with E-state index in [4.69, 9.17) is 5.26 Å². The zero-order valence-electron chi connectivity index (χ0n) is 14.2. The number of nitriles is 1. The smallest absolute Gasteiger partial charge is 0.223 e. The summed E-state index contributed by atoms with van der Waals surface area (Å²) in [6, 6.07) is 15.9. The van der Waals surface area contributed by atoms with Gasteiger partial charge in [0.05, 0.1) is 5.56 Å². The Hall–Kier alpha value is -2.87. The van der Waals surface area contributed by atoms with Crippen LogP contribution in [0.25, 0.3) is 0 Å². The fourth-order valence-electron chi connectivity index (χ4n) is 3.13. The highest BCUT2D eigenvalue weighted by atomic mass is 16.1. The van der Waals surface area contributed by atoms with Crippen LogP contribution in [0.5, 0.6) is 0 Å². The summed E-state index contributed by atoms with van der Waals surface area (Å²) in [5.74, 6) is 1.11. The third kappa shape index (κ3) is 4.57. The minimum Gasteiger partial charge on any atom is -0.357 e. The van der Waals surface area contributed by atoms with Gasteiger partial charge in [-0.2, -0.15) is 5.26 Å². The summed E-state index contributed by atoms with van der Waals surface area (Å²) in [4.78, 5) is 18.8. The molecule has 5 heteroatoms. The van der Waals surface area contributed by atoms with E-state index in [0.29, 0.717) is 12.1 Å². The summed E-state index contributed by atoms with van der Waals surface area (Å²) in [7, 11) is 0. The summed E-state index contributed by atoms with van der Waals surface area (Å²) < 4.78 is 0. The number of anilines is 1. The maximum absolute atomic E-state index is 12.3. The molecular formula is C20H22N4O. The number of carbonyl (C=O) groups excluding carboxylic acids is 1. The fourth-order valence-corrected chi connectivity index (χ4v) is 3.13. The lowest BCUT2D eigenvalue weighted by molar-refractivity contribution is -0.125. The summed E-state index contributed by atoms with van der Waals surface area (Å²) in [6.45, 7) is 2.31. The highest BCUT2D eigenvalue weighted by molar-refractivity contribution is 5.79.